The molecule has 0 saturated heterocycles. The van der Waals surface area contributed by atoms with E-state index in [0.717, 1.165) is 0 Å². The van der Waals surface area contributed by atoms with E-state index in [0.29, 0.717) is 22.7 Å². The zero-order valence-corrected chi connectivity index (χ0v) is 22.5. The van der Waals surface area contributed by atoms with Crippen LogP contribution in [0.25, 0.3) is 11.4 Å². The normalized spacial score (nSPS) is 16.6. The number of halogens is 6. The van der Waals surface area contributed by atoms with Crippen LogP contribution in [0, 0.1) is 0 Å². The van der Waals surface area contributed by atoms with Crippen molar-refractivity contribution in [2.75, 3.05) is 6.54 Å². The molecule has 1 aliphatic heterocycles. The van der Waals surface area contributed by atoms with Gasteiger partial charge >= 0.3 is 10.1 Å². The SMILES string of the molecule is C=IC(F)(F)c1ccc(-c2nc3c(c(=O)[nH]2)CN(C(=C)OC(C)(C)C)CC3CCCC(F)(F)F)cc1. The lowest BCUT2D eigenvalue weighted by atomic mass is 9.90. The van der Waals surface area contributed by atoms with Crippen LogP contribution in [0.1, 0.15) is 62.8 Å². The van der Waals surface area contributed by atoms with Gasteiger partial charge in [0.05, 0.1) is 17.8 Å². The first-order valence-electron chi connectivity index (χ1n) is 11.3. The van der Waals surface area contributed by atoms with Crippen molar-refractivity contribution < 1.29 is 26.7 Å². The van der Waals surface area contributed by atoms with Gasteiger partial charge in [-0.15, -0.1) is 0 Å². The molecule has 1 unspecified atom stereocenters. The van der Waals surface area contributed by atoms with Crippen LogP contribution >= 0.6 is 20.7 Å². The quantitative estimate of drug-likeness (QED) is 0.152. The minimum Gasteiger partial charge on any atom is -0.474 e. The Hall–Kier alpha value is -2.31. The lowest BCUT2D eigenvalue weighted by Gasteiger charge is -2.37. The summed E-state index contributed by atoms with van der Waals surface area (Å²) in [5.41, 5.74) is 0.0127. The molecule has 1 atom stereocenters. The van der Waals surface area contributed by atoms with Crippen molar-refractivity contribution in [2.45, 2.75) is 68.2 Å². The number of aromatic amines is 1. The maximum absolute atomic E-state index is 14.0. The van der Waals surface area contributed by atoms with E-state index in [1.165, 1.54) is 24.3 Å². The molecule has 36 heavy (non-hydrogen) atoms. The highest BCUT2D eigenvalue weighted by atomic mass is 127. The number of hydrogen-bond donors (Lipinski definition) is 1. The number of nitrogens with zero attached hydrogens (tertiary/aromatic N) is 2. The third kappa shape index (κ3) is 7.13. The van der Waals surface area contributed by atoms with E-state index in [4.69, 9.17) is 4.74 Å². The summed E-state index contributed by atoms with van der Waals surface area (Å²) in [6, 6.07) is 5.44. The third-order valence-electron chi connectivity index (χ3n) is 5.67. The minimum absolute atomic E-state index is 0.129. The van der Waals surface area contributed by atoms with Gasteiger partial charge in [0, 0.05) is 30.0 Å². The number of nitrogens with one attached hydrogen (secondary N) is 1. The summed E-state index contributed by atoms with van der Waals surface area (Å²) in [5.74, 6) is 0.0242. The first kappa shape index (κ1) is 28.3. The number of rotatable bonds is 8. The van der Waals surface area contributed by atoms with Crippen molar-refractivity contribution in [1.82, 2.24) is 14.9 Å². The highest BCUT2D eigenvalue weighted by Gasteiger charge is 2.34. The van der Waals surface area contributed by atoms with E-state index < -0.39 is 54.3 Å². The standard InChI is InChI=1S/C25H29F5IN3O2/c1-15(36-23(2,3)4)34-13-17(7-6-12-24(26,27)28)20-19(14-34)22(35)33-21(32-20)16-8-10-18(11-9-16)25(29,30)31-5/h8-11,17H,1,5-7,12-14H2,2-4H3,(H,32,33,35). The number of alkyl halides is 6. The number of H-pyrrole nitrogens is 1. The van der Waals surface area contributed by atoms with Gasteiger partial charge < -0.3 is 14.6 Å². The first-order chi connectivity index (χ1) is 16.6. The fourth-order valence-electron chi connectivity index (χ4n) is 4.03. The van der Waals surface area contributed by atoms with Gasteiger partial charge in [-0.2, -0.15) is 22.0 Å². The van der Waals surface area contributed by atoms with Crippen LogP contribution in [0.5, 0.6) is 0 Å². The van der Waals surface area contributed by atoms with Crippen LogP contribution in [-0.4, -0.2) is 37.7 Å². The van der Waals surface area contributed by atoms with Gasteiger partial charge in [-0.05, 0) is 60.9 Å². The lowest BCUT2D eigenvalue weighted by Crippen LogP contribution is -2.39. The summed E-state index contributed by atoms with van der Waals surface area (Å²) in [7, 11) is 0. The smallest absolute Gasteiger partial charge is 0.389 e. The molecule has 0 amide bonds. The molecule has 0 aliphatic carbocycles. The molecule has 0 fully saturated rings. The summed E-state index contributed by atoms with van der Waals surface area (Å²) in [4.78, 5) is 22.1. The molecule has 3 rings (SSSR count). The zero-order chi connectivity index (χ0) is 26.9. The molecule has 5 nitrogen and oxygen atoms in total. The monoisotopic (exact) mass is 625 g/mol. The summed E-state index contributed by atoms with van der Waals surface area (Å²) in [5, 5.41) is 0. The van der Waals surface area contributed by atoms with Gasteiger partial charge in [0.1, 0.15) is 11.4 Å². The van der Waals surface area contributed by atoms with Crippen molar-refractivity contribution in [3.8, 4) is 11.4 Å². The van der Waals surface area contributed by atoms with Crippen LogP contribution in [0.3, 0.4) is 0 Å². The van der Waals surface area contributed by atoms with E-state index in [2.05, 4.69) is 21.1 Å². The second-order valence-corrected chi connectivity index (χ2v) is 11.8. The Bertz CT molecular complexity index is 1170. The van der Waals surface area contributed by atoms with Gasteiger partial charge in [-0.3, -0.25) is 4.79 Å². The van der Waals surface area contributed by atoms with E-state index in [1.54, 1.807) is 4.90 Å². The number of hydrogen-bond acceptors (Lipinski definition) is 4. The number of benzene rings is 1. The Labute approximate surface area is 216 Å². The fourth-order valence-corrected chi connectivity index (χ4v) is 4.83. The van der Waals surface area contributed by atoms with Crippen molar-refractivity contribution in [3.63, 3.8) is 0 Å². The molecule has 0 radical (unpaired) electrons. The van der Waals surface area contributed by atoms with Crippen molar-refractivity contribution in [3.05, 3.63) is 63.9 Å². The van der Waals surface area contributed by atoms with Gasteiger partial charge in [-0.25, -0.2) is 4.98 Å². The Morgan fingerprint density at radius 1 is 1.19 bits per heavy atom. The maximum Gasteiger partial charge on any atom is 0.389 e. The molecule has 11 heteroatoms. The van der Waals surface area contributed by atoms with Crippen LogP contribution in [0.2, 0.25) is 0 Å². The molecule has 1 aliphatic rings. The molecular formula is C25H29F5IN3O2. The largest absolute Gasteiger partial charge is 0.474 e. The Balaban J connectivity index is 1.97. The van der Waals surface area contributed by atoms with Gasteiger partial charge in [0.15, 0.2) is 5.88 Å². The van der Waals surface area contributed by atoms with Gasteiger partial charge in [0.25, 0.3) is 5.56 Å². The molecule has 1 N–H and O–H groups in total. The average molecular weight is 625 g/mol. The molecule has 2 aromatic rings. The number of ether oxygens (including phenoxy) is 1. The van der Waals surface area contributed by atoms with Crippen molar-refractivity contribution in [2.24, 2.45) is 0 Å². The summed E-state index contributed by atoms with van der Waals surface area (Å²) < 4.78 is 72.6. The van der Waals surface area contributed by atoms with Crippen LogP contribution in [-0.2, 0) is 15.2 Å². The van der Waals surface area contributed by atoms with Crippen LogP contribution in [0.4, 0.5) is 22.0 Å². The zero-order valence-electron chi connectivity index (χ0n) is 20.3. The Morgan fingerprint density at radius 2 is 1.83 bits per heavy atom. The lowest BCUT2D eigenvalue weighted by molar-refractivity contribution is -0.135. The predicted octanol–water partition coefficient (Wildman–Crippen LogP) is 6.81. The molecule has 1 aromatic carbocycles. The molecule has 2 heterocycles. The summed E-state index contributed by atoms with van der Waals surface area (Å²) in [6.45, 7) is 9.91. The predicted molar refractivity (Wildman–Crippen MR) is 138 cm³/mol. The highest BCUT2D eigenvalue weighted by Crippen LogP contribution is 2.39. The topological polar surface area (TPSA) is 58.2 Å². The molecule has 198 valence electrons. The van der Waals surface area contributed by atoms with E-state index >= 15 is 0 Å². The van der Waals surface area contributed by atoms with Crippen molar-refractivity contribution >= 4 is 25.2 Å². The fraction of sp³-hybridized carbons (Fsp3) is 0.480. The Morgan fingerprint density at radius 3 is 2.39 bits per heavy atom. The second-order valence-electron chi connectivity index (χ2n) is 9.68. The van der Waals surface area contributed by atoms with E-state index in [-0.39, 0.29) is 37.3 Å². The average Bonchev–Trinajstić information content (AvgIpc) is 2.77. The molecule has 0 saturated carbocycles. The van der Waals surface area contributed by atoms with Crippen molar-refractivity contribution in [1.29, 1.82) is 0 Å². The molecular weight excluding hydrogens is 596 g/mol. The highest BCUT2D eigenvalue weighted by molar-refractivity contribution is 14.2. The van der Waals surface area contributed by atoms with E-state index in [1.807, 2.05) is 20.8 Å². The molecule has 1 aromatic heterocycles. The molecule has 0 spiro atoms. The summed E-state index contributed by atoms with van der Waals surface area (Å²) >= 11 is -1.59. The van der Waals surface area contributed by atoms with E-state index in [9.17, 15) is 26.7 Å². The van der Waals surface area contributed by atoms with Gasteiger partial charge in [0.2, 0.25) is 0 Å². The van der Waals surface area contributed by atoms with Crippen LogP contribution in [0.15, 0.2) is 41.5 Å². The third-order valence-corrected chi connectivity index (χ3v) is 7.25. The Kier molecular flexibility index (Phi) is 8.31. The van der Waals surface area contributed by atoms with Crippen LogP contribution < -0.4 is 5.56 Å². The van der Waals surface area contributed by atoms with Gasteiger partial charge in [-0.1, -0.05) is 28.8 Å². The minimum atomic E-state index is -4.29. The molecule has 0 bridgehead atoms. The maximum atomic E-state index is 14.0. The number of aromatic nitrogens is 2. The first-order valence-corrected chi connectivity index (χ1v) is 13.9. The second kappa shape index (κ2) is 10.6. The summed E-state index contributed by atoms with van der Waals surface area (Å²) in [6.07, 6.45) is -5.21. The number of fused-ring (bicyclic) bond motifs is 1.